The van der Waals surface area contributed by atoms with Gasteiger partial charge in [-0.05, 0) is 25.1 Å². The van der Waals surface area contributed by atoms with E-state index in [9.17, 15) is 4.79 Å². The molecule has 1 N–H and O–H groups in total. The molecule has 1 aliphatic rings. The van der Waals surface area contributed by atoms with Crippen LogP contribution in [0.1, 0.15) is 17.3 Å². The van der Waals surface area contributed by atoms with Gasteiger partial charge in [0.15, 0.2) is 6.23 Å². The highest BCUT2D eigenvalue weighted by Crippen LogP contribution is 2.26. The summed E-state index contributed by atoms with van der Waals surface area (Å²) in [4.78, 5) is 11.4. The SMILES string of the molecule is COc1ccc2c(c1)C(=O)OC(C)N2. The second kappa shape index (κ2) is 3.21. The Balaban J connectivity index is 2.44. The lowest BCUT2D eigenvalue weighted by Gasteiger charge is -2.23. The fourth-order valence-corrected chi connectivity index (χ4v) is 1.42. The molecular weight excluding hydrogens is 182 g/mol. The topological polar surface area (TPSA) is 47.6 Å². The molecule has 0 bridgehead atoms. The van der Waals surface area contributed by atoms with E-state index in [1.165, 1.54) is 0 Å². The summed E-state index contributed by atoms with van der Waals surface area (Å²) in [7, 11) is 1.56. The molecule has 1 aromatic carbocycles. The Morgan fingerprint density at radius 2 is 2.29 bits per heavy atom. The summed E-state index contributed by atoms with van der Waals surface area (Å²) in [5.41, 5.74) is 1.30. The van der Waals surface area contributed by atoms with Gasteiger partial charge in [-0.1, -0.05) is 0 Å². The van der Waals surface area contributed by atoms with Crippen LogP contribution in [0.4, 0.5) is 5.69 Å². The summed E-state index contributed by atoms with van der Waals surface area (Å²) in [6.07, 6.45) is -0.275. The Bertz CT molecular complexity index is 376. The van der Waals surface area contributed by atoms with Crippen LogP contribution in [-0.4, -0.2) is 19.3 Å². The van der Waals surface area contributed by atoms with E-state index >= 15 is 0 Å². The van der Waals surface area contributed by atoms with Crippen molar-refractivity contribution in [1.29, 1.82) is 0 Å². The van der Waals surface area contributed by atoms with E-state index < -0.39 is 0 Å². The van der Waals surface area contributed by atoms with Crippen LogP contribution in [0.25, 0.3) is 0 Å². The first-order valence-electron chi connectivity index (χ1n) is 4.36. The van der Waals surface area contributed by atoms with Gasteiger partial charge in [0.25, 0.3) is 0 Å². The van der Waals surface area contributed by atoms with Gasteiger partial charge in [-0.25, -0.2) is 4.79 Å². The molecule has 1 aliphatic heterocycles. The number of hydrogen-bond acceptors (Lipinski definition) is 4. The largest absolute Gasteiger partial charge is 0.497 e. The van der Waals surface area contributed by atoms with Gasteiger partial charge in [-0.2, -0.15) is 0 Å². The highest BCUT2D eigenvalue weighted by molar-refractivity contribution is 5.97. The zero-order chi connectivity index (χ0) is 10.1. The molecule has 0 aromatic heterocycles. The van der Waals surface area contributed by atoms with Gasteiger partial charge in [-0.15, -0.1) is 0 Å². The molecule has 74 valence electrons. The van der Waals surface area contributed by atoms with Gasteiger partial charge in [-0.3, -0.25) is 0 Å². The summed E-state index contributed by atoms with van der Waals surface area (Å²) in [6.45, 7) is 1.78. The van der Waals surface area contributed by atoms with Crippen molar-refractivity contribution in [3.05, 3.63) is 23.8 Å². The average Bonchev–Trinajstić information content (AvgIpc) is 2.17. The first-order valence-corrected chi connectivity index (χ1v) is 4.36. The van der Waals surface area contributed by atoms with Crippen molar-refractivity contribution >= 4 is 11.7 Å². The van der Waals surface area contributed by atoms with Crippen molar-refractivity contribution < 1.29 is 14.3 Å². The Morgan fingerprint density at radius 3 is 3.00 bits per heavy atom. The van der Waals surface area contributed by atoms with Crippen LogP contribution in [0.3, 0.4) is 0 Å². The van der Waals surface area contributed by atoms with E-state index in [2.05, 4.69) is 5.32 Å². The van der Waals surface area contributed by atoms with Crippen LogP contribution in [0.2, 0.25) is 0 Å². The van der Waals surface area contributed by atoms with Crippen LogP contribution < -0.4 is 10.1 Å². The smallest absolute Gasteiger partial charge is 0.342 e. The molecule has 0 amide bonds. The highest BCUT2D eigenvalue weighted by atomic mass is 16.6. The first-order chi connectivity index (χ1) is 6.70. The first kappa shape index (κ1) is 8.87. The minimum Gasteiger partial charge on any atom is -0.497 e. The average molecular weight is 193 g/mol. The zero-order valence-corrected chi connectivity index (χ0v) is 8.03. The number of methoxy groups -OCH3 is 1. The number of esters is 1. The minimum atomic E-state index is -0.315. The van der Waals surface area contributed by atoms with E-state index in [4.69, 9.17) is 9.47 Å². The Labute approximate surface area is 81.8 Å². The standard InChI is InChI=1S/C10H11NO3/c1-6-11-9-4-3-7(13-2)5-8(9)10(12)14-6/h3-6,11H,1-2H3. The number of rotatable bonds is 1. The van der Waals surface area contributed by atoms with Crippen molar-refractivity contribution in [2.45, 2.75) is 13.2 Å². The lowest BCUT2D eigenvalue weighted by molar-refractivity contribution is 0.0369. The molecular formula is C10H11NO3. The van der Waals surface area contributed by atoms with Gasteiger partial charge < -0.3 is 14.8 Å². The number of cyclic esters (lactones) is 1. The third-order valence-electron chi connectivity index (χ3n) is 2.09. The van der Waals surface area contributed by atoms with Gasteiger partial charge in [0, 0.05) is 0 Å². The third-order valence-corrected chi connectivity index (χ3v) is 2.09. The van der Waals surface area contributed by atoms with E-state index in [1.807, 2.05) is 6.07 Å². The normalized spacial score (nSPS) is 19.3. The Morgan fingerprint density at radius 1 is 1.50 bits per heavy atom. The molecule has 1 heterocycles. The predicted molar refractivity (Wildman–Crippen MR) is 51.5 cm³/mol. The zero-order valence-electron chi connectivity index (χ0n) is 8.03. The lowest BCUT2D eigenvalue weighted by atomic mass is 10.1. The number of ether oxygens (including phenoxy) is 2. The summed E-state index contributed by atoms with van der Waals surface area (Å²) in [5, 5.41) is 3.04. The predicted octanol–water partition coefficient (Wildman–Crippen LogP) is 1.62. The summed E-state index contributed by atoms with van der Waals surface area (Å²) >= 11 is 0. The molecule has 14 heavy (non-hydrogen) atoms. The van der Waals surface area contributed by atoms with E-state index in [1.54, 1.807) is 26.2 Å². The maximum absolute atomic E-state index is 11.4. The van der Waals surface area contributed by atoms with Crippen molar-refractivity contribution in [2.24, 2.45) is 0 Å². The number of nitrogens with one attached hydrogen (secondary N) is 1. The lowest BCUT2D eigenvalue weighted by Crippen LogP contribution is -2.29. The van der Waals surface area contributed by atoms with Crippen LogP contribution in [0.15, 0.2) is 18.2 Å². The van der Waals surface area contributed by atoms with Gasteiger partial charge >= 0.3 is 5.97 Å². The minimum absolute atomic E-state index is 0.275. The summed E-state index contributed by atoms with van der Waals surface area (Å²) in [6, 6.07) is 5.28. The molecule has 0 fully saturated rings. The van der Waals surface area contributed by atoms with E-state index in [0.29, 0.717) is 11.3 Å². The Hall–Kier alpha value is -1.71. The Kier molecular flexibility index (Phi) is 2.04. The van der Waals surface area contributed by atoms with Crippen LogP contribution >= 0.6 is 0 Å². The van der Waals surface area contributed by atoms with Crippen molar-refractivity contribution in [3.8, 4) is 5.75 Å². The van der Waals surface area contributed by atoms with Crippen molar-refractivity contribution in [2.75, 3.05) is 12.4 Å². The number of benzene rings is 1. The molecule has 4 heteroatoms. The summed E-state index contributed by atoms with van der Waals surface area (Å²) < 4.78 is 10.0. The van der Waals surface area contributed by atoms with Crippen LogP contribution in [0, 0.1) is 0 Å². The molecule has 0 spiro atoms. The van der Waals surface area contributed by atoms with E-state index in [-0.39, 0.29) is 12.2 Å². The number of carbonyl (C=O) groups excluding carboxylic acids is 1. The van der Waals surface area contributed by atoms with Gasteiger partial charge in [0.05, 0.1) is 18.4 Å². The molecule has 1 unspecified atom stereocenters. The number of anilines is 1. The number of carbonyl (C=O) groups is 1. The molecule has 0 aliphatic carbocycles. The molecule has 0 saturated heterocycles. The maximum atomic E-state index is 11.4. The third kappa shape index (κ3) is 1.39. The molecule has 0 saturated carbocycles. The fourth-order valence-electron chi connectivity index (χ4n) is 1.42. The fraction of sp³-hybridized carbons (Fsp3) is 0.300. The van der Waals surface area contributed by atoms with Crippen LogP contribution in [-0.2, 0) is 4.74 Å². The second-order valence-electron chi connectivity index (χ2n) is 3.10. The van der Waals surface area contributed by atoms with E-state index in [0.717, 1.165) is 5.69 Å². The molecule has 2 rings (SSSR count). The molecule has 1 aromatic rings. The van der Waals surface area contributed by atoms with Crippen LogP contribution in [0.5, 0.6) is 5.75 Å². The molecule has 4 nitrogen and oxygen atoms in total. The quantitative estimate of drug-likeness (QED) is 0.688. The van der Waals surface area contributed by atoms with Gasteiger partial charge in [0.2, 0.25) is 0 Å². The monoisotopic (exact) mass is 193 g/mol. The highest BCUT2D eigenvalue weighted by Gasteiger charge is 2.22. The number of fused-ring (bicyclic) bond motifs is 1. The van der Waals surface area contributed by atoms with Crippen molar-refractivity contribution in [1.82, 2.24) is 0 Å². The van der Waals surface area contributed by atoms with Gasteiger partial charge in [0.1, 0.15) is 5.75 Å². The second-order valence-corrected chi connectivity index (χ2v) is 3.10. The van der Waals surface area contributed by atoms with Crippen molar-refractivity contribution in [3.63, 3.8) is 0 Å². The molecule has 0 radical (unpaired) electrons. The summed E-state index contributed by atoms with van der Waals surface area (Å²) in [5.74, 6) is 0.335. The number of hydrogen-bond donors (Lipinski definition) is 1. The molecule has 1 atom stereocenters. The maximum Gasteiger partial charge on any atom is 0.342 e.